The van der Waals surface area contributed by atoms with E-state index in [-0.39, 0.29) is 16.6 Å². The highest BCUT2D eigenvalue weighted by Crippen LogP contribution is 2.39. The number of benzene rings is 1. The SMILES string of the molecule is O=C(CCl)Nc1cc(Cl)c(C(F)(F)F)cc1Cl. The molecule has 2 nitrogen and oxygen atoms in total. The number of hydrogen-bond acceptors (Lipinski definition) is 1. The Morgan fingerprint density at radius 2 is 1.82 bits per heavy atom. The Morgan fingerprint density at radius 1 is 1.24 bits per heavy atom. The van der Waals surface area contributed by atoms with E-state index in [9.17, 15) is 18.0 Å². The first-order valence-electron chi connectivity index (χ1n) is 4.17. The third-order valence-corrected chi connectivity index (χ3v) is 2.63. The van der Waals surface area contributed by atoms with E-state index in [1.54, 1.807) is 0 Å². The number of nitrogens with one attached hydrogen (secondary N) is 1. The summed E-state index contributed by atoms with van der Waals surface area (Å²) in [4.78, 5) is 11.0. The number of alkyl halides is 4. The van der Waals surface area contributed by atoms with Crippen molar-refractivity contribution >= 4 is 46.4 Å². The first kappa shape index (κ1) is 14.4. The summed E-state index contributed by atoms with van der Waals surface area (Å²) in [5, 5.41) is 1.41. The second kappa shape index (κ2) is 5.33. The smallest absolute Gasteiger partial charge is 0.324 e. The number of amides is 1. The maximum Gasteiger partial charge on any atom is 0.417 e. The molecule has 0 aliphatic carbocycles. The molecule has 0 aliphatic rings. The summed E-state index contributed by atoms with van der Waals surface area (Å²) in [5.74, 6) is -0.931. The van der Waals surface area contributed by atoms with Gasteiger partial charge in [0.15, 0.2) is 0 Å². The van der Waals surface area contributed by atoms with Gasteiger partial charge in [-0.05, 0) is 12.1 Å². The number of rotatable bonds is 2. The van der Waals surface area contributed by atoms with Crippen molar-refractivity contribution in [2.45, 2.75) is 6.18 Å². The summed E-state index contributed by atoms with van der Waals surface area (Å²) in [6.45, 7) is 0. The average molecular weight is 306 g/mol. The van der Waals surface area contributed by atoms with Crippen molar-refractivity contribution in [3.63, 3.8) is 0 Å². The lowest BCUT2D eigenvalue weighted by Crippen LogP contribution is -2.14. The zero-order valence-electron chi connectivity index (χ0n) is 8.04. The van der Waals surface area contributed by atoms with Crippen molar-refractivity contribution in [2.24, 2.45) is 0 Å². The fraction of sp³-hybridized carbons (Fsp3) is 0.222. The van der Waals surface area contributed by atoms with Crippen molar-refractivity contribution in [3.05, 3.63) is 27.7 Å². The van der Waals surface area contributed by atoms with Crippen LogP contribution in [0, 0.1) is 0 Å². The van der Waals surface area contributed by atoms with Gasteiger partial charge in [0.05, 0.1) is 21.3 Å². The molecule has 17 heavy (non-hydrogen) atoms. The zero-order chi connectivity index (χ0) is 13.2. The van der Waals surface area contributed by atoms with Crippen molar-refractivity contribution in [3.8, 4) is 0 Å². The first-order chi connectivity index (χ1) is 7.75. The molecule has 0 fully saturated rings. The monoisotopic (exact) mass is 305 g/mol. The van der Waals surface area contributed by atoms with Crippen LogP contribution in [0.25, 0.3) is 0 Å². The molecule has 0 radical (unpaired) electrons. The minimum atomic E-state index is -4.60. The molecule has 0 bridgehead atoms. The van der Waals surface area contributed by atoms with E-state index in [0.717, 1.165) is 6.07 Å². The van der Waals surface area contributed by atoms with Gasteiger partial charge in [-0.15, -0.1) is 11.6 Å². The number of carbonyl (C=O) groups excluding carboxylic acids is 1. The van der Waals surface area contributed by atoms with Crippen LogP contribution < -0.4 is 5.32 Å². The van der Waals surface area contributed by atoms with E-state index in [4.69, 9.17) is 34.8 Å². The predicted octanol–water partition coefficient (Wildman–Crippen LogP) is 4.19. The number of anilines is 1. The molecule has 1 N–H and O–H groups in total. The highest BCUT2D eigenvalue weighted by atomic mass is 35.5. The standard InChI is InChI=1S/C9H5Cl3F3NO/c10-3-8(17)16-7-2-5(11)4(1-6(7)12)9(13,14)15/h1-2H,3H2,(H,16,17). The number of hydrogen-bond donors (Lipinski definition) is 1. The molecule has 0 heterocycles. The van der Waals surface area contributed by atoms with Gasteiger partial charge in [0.2, 0.25) is 5.91 Å². The van der Waals surface area contributed by atoms with Crippen molar-refractivity contribution in [1.82, 2.24) is 0 Å². The second-order valence-electron chi connectivity index (χ2n) is 2.99. The Hall–Kier alpha value is -0.650. The molecule has 1 aromatic carbocycles. The van der Waals surface area contributed by atoms with Crippen LogP contribution in [0.4, 0.5) is 18.9 Å². The van der Waals surface area contributed by atoms with Crippen LogP contribution in [0.2, 0.25) is 10.0 Å². The van der Waals surface area contributed by atoms with Crippen molar-refractivity contribution in [1.29, 1.82) is 0 Å². The maximum atomic E-state index is 12.4. The lowest BCUT2D eigenvalue weighted by Gasteiger charge is -2.12. The Balaban J connectivity index is 3.14. The fourth-order valence-electron chi connectivity index (χ4n) is 1.04. The quantitative estimate of drug-likeness (QED) is 0.816. The Bertz CT molecular complexity index is 448. The summed E-state index contributed by atoms with van der Waals surface area (Å²) >= 11 is 16.3. The minimum absolute atomic E-state index is 0.0182. The van der Waals surface area contributed by atoms with Crippen LogP contribution in [0.15, 0.2) is 12.1 Å². The zero-order valence-corrected chi connectivity index (χ0v) is 10.3. The summed E-state index contributed by atoms with van der Waals surface area (Å²) in [5.41, 5.74) is -1.08. The largest absolute Gasteiger partial charge is 0.417 e. The van der Waals surface area contributed by atoms with E-state index in [2.05, 4.69) is 5.32 Å². The Kier molecular flexibility index (Phi) is 4.52. The van der Waals surface area contributed by atoms with Crippen LogP contribution in [0.1, 0.15) is 5.56 Å². The molecular formula is C9H5Cl3F3NO. The van der Waals surface area contributed by atoms with Crippen LogP contribution in [0.5, 0.6) is 0 Å². The Labute approximate surface area is 110 Å². The van der Waals surface area contributed by atoms with Gasteiger partial charge in [0, 0.05) is 0 Å². The Morgan fingerprint density at radius 3 is 2.29 bits per heavy atom. The lowest BCUT2D eigenvalue weighted by molar-refractivity contribution is -0.137. The minimum Gasteiger partial charge on any atom is -0.324 e. The predicted molar refractivity (Wildman–Crippen MR) is 60.8 cm³/mol. The normalized spacial score (nSPS) is 11.4. The molecule has 0 unspecified atom stereocenters. The van der Waals surface area contributed by atoms with Gasteiger partial charge >= 0.3 is 6.18 Å². The molecule has 94 valence electrons. The molecule has 0 saturated carbocycles. The molecule has 0 aliphatic heterocycles. The van der Waals surface area contributed by atoms with Gasteiger partial charge in [-0.1, -0.05) is 23.2 Å². The van der Waals surface area contributed by atoms with Gasteiger partial charge in [-0.3, -0.25) is 4.79 Å². The van der Waals surface area contributed by atoms with Gasteiger partial charge < -0.3 is 5.32 Å². The molecule has 1 amide bonds. The maximum absolute atomic E-state index is 12.4. The fourth-order valence-corrected chi connectivity index (χ4v) is 1.59. The summed E-state index contributed by atoms with van der Waals surface area (Å²) in [6.07, 6.45) is -4.60. The molecular weight excluding hydrogens is 301 g/mol. The molecule has 1 aromatic rings. The molecule has 0 aromatic heterocycles. The number of halogens is 6. The van der Waals surface area contributed by atoms with Crippen LogP contribution in [0.3, 0.4) is 0 Å². The highest BCUT2D eigenvalue weighted by Gasteiger charge is 2.34. The molecule has 1 rings (SSSR count). The number of carbonyl (C=O) groups is 1. The van der Waals surface area contributed by atoms with E-state index in [1.165, 1.54) is 0 Å². The van der Waals surface area contributed by atoms with Crippen LogP contribution in [-0.2, 0) is 11.0 Å². The van der Waals surface area contributed by atoms with Crippen molar-refractivity contribution < 1.29 is 18.0 Å². The van der Waals surface area contributed by atoms with E-state index in [0.29, 0.717) is 6.07 Å². The van der Waals surface area contributed by atoms with Gasteiger partial charge in [0.25, 0.3) is 0 Å². The lowest BCUT2D eigenvalue weighted by atomic mass is 10.2. The molecule has 0 atom stereocenters. The van der Waals surface area contributed by atoms with E-state index in [1.807, 2.05) is 0 Å². The van der Waals surface area contributed by atoms with E-state index < -0.39 is 22.7 Å². The van der Waals surface area contributed by atoms with Gasteiger partial charge in [0.1, 0.15) is 5.88 Å². The molecule has 0 saturated heterocycles. The average Bonchev–Trinajstić information content (AvgIpc) is 2.21. The highest BCUT2D eigenvalue weighted by molar-refractivity contribution is 6.37. The van der Waals surface area contributed by atoms with Crippen LogP contribution >= 0.6 is 34.8 Å². The van der Waals surface area contributed by atoms with Gasteiger partial charge in [-0.2, -0.15) is 13.2 Å². The van der Waals surface area contributed by atoms with Crippen molar-refractivity contribution in [2.75, 3.05) is 11.2 Å². The summed E-state index contributed by atoms with van der Waals surface area (Å²) in [7, 11) is 0. The van der Waals surface area contributed by atoms with Crippen LogP contribution in [-0.4, -0.2) is 11.8 Å². The second-order valence-corrected chi connectivity index (χ2v) is 4.07. The molecule has 8 heteroatoms. The third-order valence-electron chi connectivity index (χ3n) is 1.76. The van der Waals surface area contributed by atoms with E-state index >= 15 is 0 Å². The molecule has 0 spiro atoms. The summed E-state index contributed by atoms with van der Waals surface area (Å²) < 4.78 is 37.3. The third kappa shape index (κ3) is 3.66. The topological polar surface area (TPSA) is 29.1 Å². The first-order valence-corrected chi connectivity index (χ1v) is 5.47. The van der Waals surface area contributed by atoms with Gasteiger partial charge in [-0.25, -0.2) is 0 Å². The summed E-state index contributed by atoms with van der Waals surface area (Å²) in [6, 6.07) is 1.57.